The van der Waals surface area contributed by atoms with Crippen molar-refractivity contribution in [2.75, 3.05) is 0 Å². The lowest BCUT2D eigenvalue weighted by atomic mass is 9.87. The highest BCUT2D eigenvalue weighted by molar-refractivity contribution is 5.36. The van der Waals surface area contributed by atoms with Crippen molar-refractivity contribution < 1.29 is 8.78 Å². The van der Waals surface area contributed by atoms with Gasteiger partial charge < -0.3 is 5.73 Å². The second-order valence-electron chi connectivity index (χ2n) is 4.75. The van der Waals surface area contributed by atoms with Crippen molar-refractivity contribution in [1.82, 2.24) is 0 Å². The topological polar surface area (TPSA) is 26.0 Å². The molecule has 16 heavy (non-hydrogen) atoms. The highest BCUT2D eigenvalue weighted by Gasteiger charge is 2.32. The fraction of sp³-hybridized carbons (Fsp3) is 0.538. The van der Waals surface area contributed by atoms with Crippen molar-refractivity contribution in [3.8, 4) is 0 Å². The molecule has 1 nitrogen and oxygen atoms in total. The van der Waals surface area contributed by atoms with E-state index in [2.05, 4.69) is 0 Å². The van der Waals surface area contributed by atoms with Crippen LogP contribution in [0, 0.1) is 12.7 Å². The maximum atomic E-state index is 13.6. The molecule has 0 heterocycles. The number of hydrogen-bond donors (Lipinski definition) is 1. The lowest BCUT2D eigenvalue weighted by molar-refractivity contribution is 0.444. The van der Waals surface area contributed by atoms with Gasteiger partial charge in [0.25, 0.3) is 0 Å². The van der Waals surface area contributed by atoms with Gasteiger partial charge in [0.05, 0.1) is 0 Å². The summed E-state index contributed by atoms with van der Waals surface area (Å²) >= 11 is 0. The molecule has 0 atom stereocenters. The first-order valence-electron chi connectivity index (χ1n) is 5.71. The molecular formula is C13H17F2N. The zero-order valence-corrected chi connectivity index (χ0v) is 9.52. The lowest BCUT2D eigenvalue weighted by Gasteiger charge is -2.25. The molecule has 0 aliphatic heterocycles. The zero-order chi connectivity index (χ0) is 11.8. The van der Waals surface area contributed by atoms with Gasteiger partial charge in [-0.25, -0.2) is 8.78 Å². The highest BCUT2D eigenvalue weighted by Crippen LogP contribution is 2.37. The Bertz CT molecular complexity index is 372. The number of nitrogens with two attached hydrogens (primary N) is 1. The van der Waals surface area contributed by atoms with Crippen molar-refractivity contribution in [3.63, 3.8) is 0 Å². The fourth-order valence-electron chi connectivity index (χ4n) is 2.53. The van der Waals surface area contributed by atoms with E-state index in [9.17, 15) is 8.78 Å². The van der Waals surface area contributed by atoms with Gasteiger partial charge in [-0.15, -0.1) is 0 Å². The molecule has 88 valence electrons. The van der Waals surface area contributed by atoms with Crippen molar-refractivity contribution in [2.45, 2.75) is 44.8 Å². The van der Waals surface area contributed by atoms with Crippen LogP contribution in [0.3, 0.4) is 0 Å². The van der Waals surface area contributed by atoms with Gasteiger partial charge in [0.2, 0.25) is 0 Å². The van der Waals surface area contributed by atoms with Gasteiger partial charge in [0.1, 0.15) is 12.5 Å². The Balaban J connectivity index is 2.43. The SMILES string of the molecule is Cc1cc(C2(N)CCCC2)cc(F)c1CF. The van der Waals surface area contributed by atoms with E-state index in [-0.39, 0.29) is 5.56 Å². The van der Waals surface area contributed by atoms with Crippen LogP contribution in [-0.2, 0) is 12.2 Å². The minimum absolute atomic E-state index is 0.158. The molecule has 1 aliphatic carbocycles. The van der Waals surface area contributed by atoms with Crippen LogP contribution < -0.4 is 5.73 Å². The van der Waals surface area contributed by atoms with Crippen molar-refractivity contribution in [1.29, 1.82) is 0 Å². The maximum Gasteiger partial charge on any atom is 0.129 e. The third-order valence-electron chi connectivity index (χ3n) is 3.62. The largest absolute Gasteiger partial charge is 0.321 e. The number of halogens is 2. The molecule has 1 saturated carbocycles. The van der Waals surface area contributed by atoms with E-state index in [4.69, 9.17) is 5.73 Å². The Labute approximate surface area is 94.7 Å². The van der Waals surface area contributed by atoms with Gasteiger partial charge in [-0.2, -0.15) is 0 Å². The summed E-state index contributed by atoms with van der Waals surface area (Å²) in [6, 6.07) is 3.25. The van der Waals surface area contributed by atoms with Crippen LogP contribution in [0.25, 0.3) is 0 Å². The van der Waals surface area contributed by atoms with Crippen molar-refractivity contribution in [3.05, 3.63) is 34.6 Å². The molecule has 0 spiro atoms. The van der Waals surface area contributed by atoms with Crippen LogP contribution in [0.4, 0.5) is 8.78 Å². The molecule has 2 rings (SSSR count). The summed E-state index contributed by atoms with van der Waals surface area (Å²) in [4.78, 5) is 0. The highest BCUT2D eigenvalue weighted by atomic mass is 19.1. The van der Waals surface area contributed by atoms with E-state index >= 15 is 0 Å². The number of aryl methyl sites for hydroxylation is 1. The maximum absolute atomic E-state index is 13.6. The molecule has 0 amide bonds. The average molecular weight is 225 g/mol. The predicted molar refractivity (Wildman–Crippen MR) is 60.3 cm³/mol. The molecule has 0 bridgehead atoms. The van der Waals surface area contributed by atoms with E-state index in [1.807, 2.05) is 6.07 Å². The summed E-state index contributed by atoms with van der Waals surface area (Å²) < 4.78 is 26.2. The number of alkyl halides is 1. The van der Waals surface area contributed by atoms with Gasteiger partial charge >= 0.3 is 0 Å². The summed E-state index contributed by atoms with van der Waals surface area (Å²) in [6.45, 7) is 0.981. The van der Waals surface area contributed by atoms with Crippen molar-refractivity contribution >= 4 is 0 Å². The van der Waals surface area contributed by atoms with Crippen molar-refractivity contribution in [2.24, 2.45) is 5.73 Å². The van der Waals surface area contributed by atoms with E-state index < -0.39 is 18.0 Å². The zero-order valence-electron chi connectivity index (χ0n) is 9.52. The second kappa shape index (κ2) is 4.13. The normalized spacial score (nSPS) is 19.0. The Hall–Kier alpha value is -0.960. The second-order valence-corrected chi connectivity index (χ2v) is 4.75. The van der Waals surface area contributed by atoms with Crippen LogP contribution >= 0.6 is 0 Å². The molecule has 0 radical (unpaired) electrons. The lowest BCUT2D eigenvalue weighted by Crippen LogP contribution is -2.33. The number of hydrogen-bond acceptors (Lipinski definition) is 1. The van der Waals surface area contributed by atoms with E-state index in [1.54, 1.807) is 6.92 Å². The van der Waals surface area contributed by atoms with E-state index in [0.717, 1.165) is 31.2 Å². The Kier molecular flexibility index (Phi) is 2.98. The van der Waals surface area contributed by atoms with E-state index in [1.165, 1.54) is 6.07 Å². The van der Waals surface area contributed by atoms with Gasteiger partial charge in [-0.1, -0.05) is 18.9 Å². The minimum Gasteiger partial charge on any atom is -0.321 e. The summed E-state index contributed by atoms with van der Waals surface area (Å²) in [5.41, 5.74) is 7.48. The van der Waals surface area contributed by atoms with Gasteiger partial charge in [-0.05, 0) is 37.0 Å². The van der Waals surface area contributed by atoms with Gasteiger partial charge in [-0.3, -0.25) is 0 Å². The molecular weight excluding hydrogens is 208 g/mol. The minimum atomic E-state index is -0.754. The van der Waals surface area contributed by atoms with E-state index in [0.29, 0.717) is 5.56 Å². The van der Waals surface area contributed by atoms with Crippen LogP contribution in [0.5, 0.6) is 0 Å². The molecule has 0 saturated heterocycles. The standard InChI is InChI=1S/C13H17F2N/c1-9-6-10(7-12(15)11(9)8-14)13(16)4-2-3-5-13/h6-7H,2-5,8,16H2,1H3. The molecule has 1 aromatic carbocycles. The molecule has 0 unspecified atom stereocenters. The molecule has 3 heteroatoms. The summed E-state index contributed by atoms with van der Waals surface area (Å²) in [5.74, 6) is -0.464. The average Bonchev–Trinajstić information content (AvgIpc) is 2.66. The molecule has 2 N–H and O–H groups in total. The van der Waals surface area contributed by atoms with Gasteiger partial charge in [0, 0.05) is 11.1 Å². The van der Waals surface area contributed by atoms with Gasteiger partial charge in [0.15, 0.2) is 0 Å². The Morgan fingerprint density at radius 3 is 2.44 bits per heavy atom. The first-order chi connectivity index (χ1) is 7.57. The molecule has 1 fully saturated rings. The first-order valence-corrected chi connectivity index (χ1v) is 5.71. The molecule has 0 aromatic heterocycles. The Morgan fingerprint density at radius 2 is 1.94 bits per heavy atom. The third-order valence-corrected chi connectivity index (χ3v) is 3.62. The number of benzene rings is 1. The number of rotatable bonds is 2. The first kappa shape index (κ1) is 11.5. The Morgan fingerprint density at radius 1 is 1.31 bits per heavy atom. The van der Waals surface area contributed by atoms with Crippen LogP contribution in [0.1, 0.15) is 42.4 Å². The van der Waals surface area contributed by atoms with Crippen LogP contribution in [-0.4, -0.2) is 0 Å². The quantitative estimate of drug-likeness (QED) is 0.820. The third kappa shape index (κ3) is 1.84. The molecule has 1 aromatic rings. The van der Waals surface area contributed by atoms with Crippen LogP contribution in [0.2, 0.25) is 0 Å². The monoisotopic (exact) mass is 225 g/mol. The van der Waals surface area contributed by atoms with Crippen LogP contribution in [0.15, 0.2) is 12.1 Å². The predicted octanol–water partition coefficient (Wildman–Crippen LogP) is 3.33. The smallest absolute Gasteiger partial charge is 0.129 e. The summed E-state index contributed by atoms with van der Waals surface area (Å²) in [5, 5.41) is 0. The summed E-state index contributed by atoms with van der Waals surface area (Å²) in [6.07, 6.45) is 3.95. The molecule has 1 aliphatic rings. The summed E-state index contributed by atoms with van der Waals surface area (Å²) in [7, 11) is 0. The fourth-order valence-corrected chi connectivity index (χ4v) is 2.53.